The van der Waals surface area contributed by atoms with E-state index in [4.69, 9.17) is 11.6 Å². The van der Waals surface area contributed by atoms with Gasteiger partial charge in [0.15, 0.2) is 11.6 Å². The molecule has 5 rings (SSSR count). The highest BCUT2D eigenvalue weighted by atomic mass is 35.5. The van der Waals surface area contributed by atoms with Gasteiger partial charge in [0.1, 0.15) is 5.75 Å². The molecule has 4 nitrogen and oxygen atoms in total. The van der Waals surface area contributed by atoms with E-state index in [1.54, 1.807) is 18.2 Å². The number of Topliss-reactive ketones (excluding diaryl/α,β-unsaturated/α-hetero) is 2. The molecule has 2 aliphatic carbocycles. The topological polar surface area (TPSA) is 57.6 Å². The van der Waals surface area contributed by atoms with Crippen LogP contribution in [0.1, 0.15) is 70.4 Å². The lowest BCUT2D eigenvalue weighted by Gasteiger charge is -2.49. The zero-order valence-corrected chi connectivity index (χ0v) is 22.3. The summed E-state index contributed by atoms with van der Waals surface area (Å²) < 4.78 is 0. The molecule has 0 bridgehead atoms. The number of allylic oxidation sites excluding steroid dienone is 4. The number of rotatable bonds is 4. The summed E-state index contributed by atoms with van der Waals surface area (Å²) in [5, 5.41) is 10.3. The monoisotopic (exact) mass is 503 g/mol. The first-order valence-corrected chi connectivity index (χ1v) is 13.2. The van der Waals surface area contributed by atoms with E-state index in [1.165, 1.54) is 5.56 Å². The Morgan fingerprint density at radius 1 is 0.861 bits per heavy atom. The Hall–Kier alpha value is -2.85. The highest BCUT2D eigenvalue weighted by molar-refractivity contribution is 6.32. The second-order valence-electron chi connectivity index (χ2n) is 12.1. The van der Waals surface area contributed by atoms with Crippen molar-refractivity contribution in [2.75, 3.05) is 6.54 Å². The minimum atomic E-state index is -0.451. The van der Waals surface area contributed by atoms with Crippen molar-refractivity contribution in [2.45, 2.75) is 65.7 Å². The summed E-state index contributed by atoms with van der Waals surface area (Å²) in [5.74, 6) is -0.252. The van der Waals surface area contributed by atoms with Gasteiger partial charge in [0, 0.05) is 47.8 Å². The van der Waals surface area contributed by atoms with Crippen LogP contribution < -0.4 is 0 Å². The average molecular weight is 504 g/mol. The molecule has 0 saturated carbocycles. The average Bonchev–Trinajstić information content (AvgIpc) is 2.78. The summed E-state index contributed by atoms with van der Waals surface area (Å²) in [5.41, 5.74) is 5.26. The summed E-state index contributed by atoms with van der Waals surface area (Å²) in [6.07, 6.45) is 3.27. The molecule has 36 heavy (non-hydrogen) atoms. The highest BCUT2D eigenvalue weighted by Crippen LogP contribution is 2.54. The van der Waals surface area contributed by atoms with Gasteiger partial charge >= 0.3 is 0 Å². The molecule has 5 heteroatoms. The number of phenolic OH excluding ortho intramolecular Hbond substituents is 1. The van der Waals surface area contributed by atoms with E-state index in [1.807, 2.05) is 18.2 Å². The van der Waals surface area contributed by atoms with E-state index in [0.29, 0.717) is 12.8 Å². The van der Waals surface area contributed by atoms with Crippen molar-refractivity contribution in [3.05, 3.63) is 87.2 Å². The van der Waals surface area contributed by atoms with E-state index < -0.39 is 5.92 Å². The van der Waals surface area contributed by atoms with Crippen LogP contribution in [0, 0.1) is 10.8 Å². The summed E-state index contributed by atoms with van der Waals surface area (Å²) in [4.78, 5) is 29.9. The van der Waals surface area contributed by atoms with Gasteiger partial charge in [-0.15, -0.1) is 0 Å². The van der Waals surface area contributed by atoms with Crippen molar-refractivity contribution < 1.29 is 14.7 Å². The fourth-order valence-electron chi connectivity index (χ4n) is 6.24. The Labute approximate surface area is 218 Å². The molecule has 0 spiro atoms. The zero-order valence-electron chi connectivity index (χ0n) is 21.5. The van der Waals surface area contributed by atoms with Crippen molar-refractivity contribution in [3.63, 3.8) is 0 Å². The molecule has 188 valence electrons. The van der Waals surface area contributed by atoms with Crippen LogP contribution in [0.15, 0.2) is 71.1 Å². The van der Waals surface area contributed by atoms with E-state index in [9.17, 15) is 14.7 Å². The first kappa shape index (κ1) is 24.8. The normalized spacial score (nSPS) is 21.5. The maximum absolute atomic E-state index is 13.8. The molecule has 1 N–H and O–H groups in total. The number of carbonyl (C=O) groups is 2. The molecular weight excluding hydrogens is 470 g/mol. The molecule has 0 atom stereocenters. The molecule has 0 fully saturated rings. The molecule has 1 heterocycles. The number of carbonyl (C=O) groups excluding carboxylic acids is 2. The molecule has 0 amide bonds. The van der Waals surface area contributed by atoms with Crippen LogP contribution in [0.3, 0.4) is 0 Å². The van der Waals surface area contributed by atoms with Crippen molar-refractivity contribution >= 4 is 23.2 Å². The van der Waals surface area contributed by atoms with Gasteiger partial charge in [-0.3, -0.25) is 9.59 Å². The van der Waals surface area contributed by atoms with Crippen LogP contribution in [-0.4, -0.2) is 28.1 Å². The third kappa shape index (κ3) is 4.52. The predicted octanol–water partition coefficient (Wildman–Crippen LogP) is 6.97. The van der Waals surface area contributed by atoms with Crippen molar-refractivity contribution in [2.24, 2.45) is 10.8 Å². The highest BCUT2D eigenvalue weighted by Gasteiger charge is 2.48. The number of hydrogen-bond donors (Lipinski definition) is 1. The Morgan fingerprint density at radius 3 is 1.94 bits per heavy atom. The standard InChI is InChI=1S/C31H34ClNO3/c1-30(2)15-22-28(25(35)17-30)27(20-10-11-24(34)21(32)14-20)29-23(16-31(3,4)18-26(29)36)33(22)13-12-19-8-6-5-7-9-19/h5-11,14,27,34H,12-13,15-18H2,1-4H3. The van der Waals surface area contributed by atoms with E-state index in [2.05, 4.69) is 44.7 Å². The van der Waals surface area contributed by atoms with E-state index in [0.717, 1.165) is 53.9 Å². The number of benzene rings is 2. The number of nitrogens with zero attached hydrogens (tertiary/aromatic N) is 1. The molecule has 2 aromatic rings. The summed E-state index contributed by atoms with van der Waals surface area (Å²) >= 11 is 6.33. The summed E-state index contributed by atoms with van der Waals surface area (Å²) in [6.45, 7) is 9.32. The molecule has 0 radical (unpaired) electrons. The molecule has 0 unspecified atom stereocenters. The summed E-state index contributed by atoms with van der Waals surface area (Å²) in [6, 6.07) is 15.5. The van der Waals surface area contributed by atoms with Crippen LogP contribution in [0.4, 0.5) is 0 Å². The summed E-state index contributed by atoms with van der Waals surface area (Å²) in [7, 11) is 0. The number of phenols is 1. The van der Waals surface area contributed by atoms with Crippen LogP contribution in [0.25, 0.3) is 0 Å². The first-order valence-electron chi connectivity index (χ1n) is 12.8. The number of halogens is 1. The lowest BCUT2D eigenvalue weighted by molar-refractivity contribution is -0.119. The van der Waals surface area contributed by atoms with Gasteiger partial charge in [0.2, 0.25) is 0 Å². The van der Waals surface area contributed by atoms with Crippen molar-refractivity contribution in [1.82, 2.24) is 4.90 Å². The van der Waals surface area contributed by atoms with Gasteiger partial charge < -0.3 is 10.0 Å². The SMILES string of the molecule is CC1(C)CC(=O)C2=C(C1)N(CCc1ccccc1)C1=C(C(=O)CC(C)(C)C1)C2c1ccc(O)c(Cl)c1. The van der Waals surface area contributed by atoms with Crippen molar-refractivity contribution in [1.29, 1.82) is 0 Å². The molecular formula is C31H34ClNO3. The van der Waals surface area contributed by atoms with Gasteiger partial charge in [-0.05, 0) is 53.4 Å². The molecule has 1 aliphatic heterocycles. The molecule has 3 aliphatic rings. The van der Waals surface area contributed by atoms with Crippen LogP contribution >= 0.6 is 11.6 Å². The largest absolute Gasteiger partial charge is 0.506 e. The third-order valence-corrected chi connectivity index (χ3v) is 8.10. The number of aromatic hydroxyl groups is 1. The van der Waals surface area contributed by atoms with Gasteiger partial charge in [-0.1, -0.05) is 75.7 Å². The Morgan fingerprint density at radius 2 is 1.42 bits per heavy atom. The molecule has 0 saturated heterocycles. The van der Waals surface area contributed by atoms with Crippen molar-refractivity contribution in [3.8, 4) is 5.75 Å². The van der Waals surface area contributed by atoms with Gasteiger partial charge in [-0.25, -0.2) is 0 Å². The van der Waals surface area contributed by atoms with E-state index >= 15 is 0 Å². The van der Waals surface area contributed by atoms with Gasteiger partial charge in [-0.2, -0.15) is 0 Å². The fourth-order valence-corrected chi connectivity index (χ4v) is 6.43. The smallest absolute Gasteiger partial charge is 0.162 e. The molecule has 0 aromatic heterocycles. The number of ketones is 2. The maximum atomic E-state index is 13.8. The molecule has 2 aromatic carbocycles. The quantitative estimate of drug-likeness (QED) is 0.489. The second kappa shape index (κ2) is 8.92. The minimum absolute atomic E-state index is 0.00340. The number of hydrogen-bond acceptors (Lipinski definition) is 4. The zero-order chi connectivity index (χ0) is 25.8. The maximum Gasteiger partial charge on any atom is 0.162 e. The fraction of sp³-hybridized carbons (Fsp3) is 0.419. The Kier molecular flexibility index (Phi) is 6.15. The second-order valence-corrected chi connectivity index (χ2v) is 12.5. The predicted molar refractivity (Wildman–Crippen MR) is 143 cm³/mol. The van der Waals surface area contributed by atoms with Crippen LogP contribution in [-0.2, 0) is 16.0 Å². The third-order valence-electron chi connectivity index (χ3n) is 7.79. The lowest BCUT2D eigenvalue weighted by atomic mass is 9.63. The van der Waals surface area contributed by atoms with Gasteiger partial charge in [0.05, 0.1) is 5.02 Å². The minimum Gasteiger partial charge on any atom is -0.506 e. The van der Waals surface area contributed by atoms with Gasteiger partial charge in [0.25, 0.3) is 0 Å². The van der Waals surface area contributed by atoms with Crippen LogP contribution in [0.5, 0.6) is 5.75 Å². The Balaban J connectivity index is 1.71. The van der Waals surface area contributed by atoms with Crippen LogP contribution in [0.2, 0.25) is 5.02 Å². The Bertz CT molecular complexity index is 1250. The van der Waals surface area contributed by atoms with E-state index in [-0.39, 0.29) is 33.2 Å². The lowest BCUT2D eigenvalue weighted by Crippen LogP contribution is -2.45. The first-order chi connectivity index (χ1) is 17.0.